The minimum absolute atomic E-state index is 0.104. The first-order valence-corrected chi connectivity index (χ1v) is 4.46. The number of phenols is 1. The van der Waals surface area contributed by atoms with Crippen LogP contribution in [0.1, 0.15) is 0 Å². The summed E-state index contributed by atoms with van der Waals surface area (Å²) in [6, 6.07) is 2.57. The van der Waals surface area contributed by atoms with Crippen molar-refractivity contribution in [2.75, 3.05) is 5.32 Å². The molecular weight excluding hydrogens is 259 g/mol. The van der Waals surface area contributed by atoms with Gasteiger partial charge < -0.3 is 16.2 Å². The molecule has 0 aliphatic heterocycles. The first-order valence-electron chi connectivity index (χ1n) is 3.26. The summed E-state index contributed by atoms with van der Waals surface area (Å²) in [7, 11) is 0. The van der Waals surface area contributed by atoms with Gasteiger partial charge in [-0.15, -0.1) is 0 Å². The summed E-state index contributed by atoms with van der Waals surface area (Å²) in [5.41, 5.74) is 5.02. The predicted molar refractivity (Wildman–Crippen MR) is 56.2 cm³/mol. The summed E-state index contributed by atoms with van der Waals surface area (Å²) >= 11 is 7.54. The Balaban J connectivity index is 3.17. The number of halogens is 2. The van der Waals surface area contributed by atoms with E-state index in [-0.39, 0.29) is 16.5 Å². The van der Waals surface area contributed by atoms with Crippen LogP contribution in [0.15, 0.2) is 16.6 Å². The summed E-state index contributed by atoms with van der Waals surface area (Å²) < 4.78 is 13.4. The van der Waals surface area contributed by atoms with Crippen LogP contribution >= 0.6 is 28.1 Å². The SMILES string of the molecule is NC(=S)Nc1c(F)ccc(Br)c1O. The second kappa shape index (κ2) is 3.89. The van der Waals surface area contributed by atoms with Crippen molar-refractivity contribution in [3.8, 4) is 5.75 Å². The molecule has 0 saturated carbocycles. The number of nitrogens with one attached hydrogen (secondary N) is 1. The fourth-order valence-corrected chi connectivity index (χ4v) is 1.22. The van der Waals surface area contributed by atoms with Gasteiger partial charge in [0, 0.05) is 0 Å². The number of thiocarbonyl (C=S) groups is 1. The Kier molecular flexibility index (Phi) is 3.05. The third kappa shape index (κ3) is 2.28. The molecule has 0 amide bonds. The molecule has 4 N–H and O–H groups in total. The monoisotopic (exact) mass is 264 g/mol. The van der Waals surface area contributed by atoms with Gasteiger partial charge in [0.2, 0.25) is 0 Å². The maximum absolute atomic E-state index is 13.0. The van der Waals surface area contributed by atoms with Gasteiger partial charge in [-0.2, -0.15) is 0 Å². The Morgan fingerprint density at radius 3 is 2.77 bits per heavy atom. The Morgan fingerprint density at radius 2 is 2.23 bits per heavy atom. The number of rotatable bonds is 1. The van der Waals surface area contributed by atoms with E-state index in [0.717, 1.165) is 0 Å². The summed E-state index contributed by atoms with van der Waals surface area (Å²) in [5.74, 6) is -0.874. The third-order valence-electron chi connectivity index (χ3n) is 1.33. The van der Waals surface area contributed by atoms with Crippen molar-refractivity contribution in [3.63, 3.8) is 0 Å². The van der Waals surface area contributed by atoms with Crippen LogP contribution in [0.4, 0.5) is 10.1 Å². The summed E-state index contributed by atoms with van der Waals surface area (Å²) in [6.45, 7) is 0. The molecule has 1 rings (SSSR count). The minimum Gasteiger partial charge on any atom is -0.505 e. The highest BCUT2D eigenvalue weighted by atomic mass is 79.9. The van der Waals surface area contributed by atoms with E-state index in [1.54, 1.807) is 0 Å². The zero-order valence-electron chi connectivity index (χ0n) is 6.34. The molecule has 0 unspecified atom stereocenters. The molecule has 0 atom stereocenters. The normalized spacial score (nSPS) is 9.69. The first kappa shape index (κ1) is 10.2. The highest BCUT2D eigenvalue weighted by Gasteiger charge is 2.11. The van der Waals surface area contributed by atoms with Crippen molar-refractivity contribution >= 4 is 38.9 Å². The van der Waals surface area contributed by atoms with E-state index < -0.39 is 5.82 Å². The van der Waals surface area contributed by atoms with Gasteiger partial charge in [-0.1, -0.05) is 0 Å². The van der Waals surface area contributed by atoms with Crippen molar-refractivity contribution < 1.29 is 9.50 Å². The topological polar surface area (TPSA) is 58.3 Å². The van der Waals surface area contributed by atoms with Gasteiger partial charge in [0.25, 0.3) is 0 Å². The lowest BCUT2D eigenvalue weighted by Gasteiger charge is -2.08. The Morgan fingerprint density at radius 1 is 1.62 bits per heavy atom. The molecule has 0 radical (unpaired) electrons. The van der Waals surface area contributed by atoms with E-state index in [0.29, 0.717) is 4.47 Å². The van der Waals surface area contributed by atoms with E-state index in [1.807, 2.05) is 0 Å². The molecule has 3 nitrogen and oxygen atoms in total. The van der Waals surface area contributed by atoms with Gasteiger partial charge in [0.05, 0.1) is 4.47 Å². The largest absolute Gasteiger partial charge is 0.505 e. The average Bonchev–Trinajstić information content (AvgIpc) is 2.05. The molecule has 0 aliphatic carbocycles. The van der Waals surface area contributed by atoms with Crippen LogP contribution in [-0.4, -0.2) is 10.2 Å². The fraction of sp³-hybridized carbons (Fsp3) is 0. The van der Waals surface area contributed by atoms with E-state index in [1.165, 1.54) is 12.1 Å². The lowest BCUT2D eigenvalue weighted by Crippen LogP contribution is -2.19. The van der Waals surface area contributed by atoms with Crippen LogP contribution in [0.5, 0.6) is 5.75 Å². The smallest absolute Gasteiger partial charge is 0.168 e. The lowest BCUT2D eigenvalue weighted by molar-refractivity contribution is 0.469. The number of phenolic OH excluding ortho intramolecular Hbond substituents is 1. The van der Waals surface area contributed by atoms with Crippen molar-refractivity contribution in [3.05, 3.63) is 22.4 Å². The number of benzene rings is 1. The molecule has 70 valence electrons. The van der Waals surface area contributed by atoms with Gasteiger partial charge >= 0.3 is 0 Å². The van der Waals surface area contributed by atoms with Crippen molar-refractivity contribution in [2.45, 2.75) is 0 Å². The van der Waals surface area contributed by atoms with Crippen LogP contribution in [0.25, 0.3) is 0 Å². The average molecular weight is 265 g/mol. The molecule has 13 heavy (non-hydrogen) atoms. The molecule has 0 aromatic heterocycles. The molecule has 0 spiro atoms. The van der Waals surface area contributed by atoms with Gasteiger partial charge in [-0.25, -0.2) is 4.39 Å². The van der Waals surface area contributed by atoms with Crippen molar-refractivity contribution in [2.24, 2.45) is 5.73 Å². The number of anilines is 1. The van der Waals surface area contributed by atoms with E-state index in [4.69, 9.17) is 5.73 Å². The number of nitrogens with two attached hydrogens (primary N) is 1. The summed E-state index contributed by atoms with van der Waals surface area (Å²) in [4.78, 5) is 0. The van der Waals surface area contributed by atoms with Crippen LogP contribution in [0, 0.1) is 5.82 Å². The van der Waals surface area contributed by atoms with Gasteiger partial charge in [-0.3, -0.25) is 0 Å². The molecule has 0 saturated heterocycles. The van der Waals surface area contributed by atoms with Crippen LogP contribution in [-0.2, 0) is 0 Å². The van der Waals surface area contributed by atoms with Crippen molar-refractivity contribution in [1.29, 1.82) is 0 Å². The highest BCUT2D eigenvalue weighted by molar-refractivity contribution is 9.10. The fourth-order valence-electron chi connectivity index (χ4n) is 0.783. The summed E-state index contributed by atoms with van der Waals surface area (Å²) in [5, 5.41) is 11.6. The molecule has 6 heteroatoms. The van der Waals surface area contributed by atoms with Gasteiger partial charge in [0.15, 0.2) is 16.7 Å². The Hall–Kier alpha value is -0.880. The second-order valence-electron chi connectivity index (χ2n) is 2.24. The number of hydrogen-bond acceptors (Lipinski definition) is 2. The van der Waals surface area contributed by atoms with E-state index >= 15 is 0 Å². The predicted octanol–water partition coefficient (Wildman–Crippen LogP) is 1.95. The van der Waals surface area contributed by atoms with E-state index in [9.17, 15) is 9.50 Å². The number of hydrogen-bond donors (Lipinski definition) is 3. The molecule has 1 aromatic carbocycles. The van der Waals surface area contributed by atoms with Crippen LogP contribution < -0.4 is 11.1 Å². The Bertz CT molecular complexity index is 359. The molecule has 0 heterocycles. The maximum Gasteiger partial charge on any atom is 0.168 e. The van der Waals surface area contributed by atoms with Crippen LogP contribution in [0.3, 0.4) is 0 Å². The number of aromatic hydroxyl groups is 1. The van der Waals surface area contributed by atoms with E-state index in [2.05, 4.69) is 33.5 Å². The van der Waals surface area contributed by atoms with Crippen molar-refractivity contribution in [1.82, 2.24) is 0 Å². The Labute approximate surface area is 87.9 Å². The van der Waals surface area contributed by atoms with Gasteiger partial charge in [0.1, 0.15) is 5.69 Å². The highest BCUT2D eigenvalue weighted by Crippen LogP contribution is 2.33. The second-order valence-corrected chi connectivity index (χ2v) is 3.54. The summed E-state index contributed by atoms with van der Waals surface area (Å²) in [6.07, 6.45) is 0. The third-order valence-corrected chi connectivity index (χ3v) is 2.07. The first-order chi connectivity index (χ1) is 6.02. The zero-order chi connectivity index (χ0) is 10.0. The maximum atomic E-state index is 13.0. The van der Waals surface area contributed by atoms with Crippen LogP contribution in [0.2, 0.25) is 0 Å². The molecule has 1 aromatic rings. The molecule has 0 fully saturated rings. The molecule has 0 aliphatic rings. The van der Waals surface area contributed by atoms with Gasteiger partial charge in [-0.05, 0) is 40.3 Å². The zero-order valence-corrected chi connectivity index (χ0v) is 8.75. The molecule has 0 bridgehead atoms. The lowest BCUT2D eigenvalue weighted by atomic mass is 10.3. The minimum atomic E-state index is -0.617. The molecular formula is C7H6BrFN2OS. The standard InChI is InChI=1S/C7H6BrFN2OS/c8-3-1-2-4(9)5(6(3)12)11-7(10)13/h1-2,12H,(H3,10,11,13). The quantitative estimate of drug-likeness (QED) is 0.536.